The van der Waals surface area contributed by atoms with E-state index in [1.165, 1.54) is 4.57 Å². The van der Waals surface area contributed by atoms with Crippen molar-refractivity contribution < 1.29 is 23.6 Å². The van der Waals surface area contributed by atoms with Gasteiger partial charge in [-0.05, 0) is 31.9 Å². The number of benzene rings is 1. The number of fused-ring (bicyclic) bond motifs is 1. The number of H-pyrrole nitrogens is 1. The van der Waals surface area contributed by atoms with Gasteiger partial charge in [0.15, 0.2) is 19.8 Å². The van der Waals surface area contributed by atoms with E-state index in [2.05, 4.69) is 25.2 Å². The third-order valence-corrected chi connectivity index (χ3v) is 6.28. The number of nitrogens with zero attached hydrogens (tertiary/aromatic N) is 4. The van der Waals surface area contributed by atoms with E-state index in [-0.39, 0.29) is 43.2 Å². The molecule has 0 amide bonds. The molecule has 214 valence electrons. The van der Waals surface area contributed by atoms with Crippen LogP contribution < -0.4 is 21.2 Å². The number of aromatic amines is 1. The van der Waals surface area contributed by atoms with Crippen molar-refractivity contribution in [2.75, 3.05) is 39.2 Å². The molecule has 0 bridgehead atoms. The second-order valence-electron chi connectivity index (χ2n) is 8.06. The normalized spacial score (nSPS) is 11.3. The Kier molecular flexibility index (Phi) is 13.3. The first-order valence-corrected chi connectivity index (χ1v) is 14.1. The zero-order valence-electron chi connectivity index (χ0n) is 23.3. The molecule has 1 atom stereocenters. The van der Waals surface area contributed by atoms with Gasteiger partial charge in [0.05, 0.1) is 25.5 Å². The van der Waals surface area contributed by atoms with Gasteiger partial charge in [-0.3, -0.25) is 14.4 Å². The molecule has 13 nitrogen and oxygen atoms in total. The summed E-state index contributed by atoms with van der Waals surface area (Å²) in [6.07, 6.45) is 0.481. The molecular weight excluding hydrogens is 525 g/mol. The lowest BCUT2D eigenvalue weighted by Gasteiger charge is -2.16. The van der Waals surface area contributed by atoms with Crippen LogP contribution in [0.3, 0.4) is 0 Å². The number of imidazole rings is 1. The number of esters is 1. The molecule has 3 rings (SSSR count). The summed E-state index contributed by atoms with van der Waals surface area (Å²) >= 11 is 0. The number of nitrogens with two attached hydrogens (primary N) is 1. The fraction of sp³-hybridized carbons (Fsp3) is 0.480. The highest BCUT2D eigenvalue weighted by Crippen LogP contribution is 2.37. The molecule has 2 heterocycles. The second-order valence-corrected chi connectivity index (χ2v) is 9.62. The van der Waals surface area contributed by atoms with Crippen molar-refractivity contribution in [3.05, 3.63) is 45.9 Å². The van der Waals surface area contributed by atoms with Gasteiger partial charge in [-0.25, -0.2) is 4.79 Å². The molecule has 1 unspecified atom stereocenters. The molecule has 14 heteroatoms. The molecule has 4 N–H and O–H groups in total. The number of nitrogen functional groups attached to an aromatic ring is 1. The third-order valence-electron chi connectivity index (χ3n) is 4.83. The summed E-state index contributed by atoms with van der Waals surface area (Å²) in [4.78, 5) is 35.7. The number of ether oxygens (including phenoxy) is 3. The number of carbonyl (C=O) groups excluding carboxylic acids is 1. The van der Waals surface area contributed by atoms with E-state index in [9.17, 15) is 9.59 Å². The van der Waals surface area contributed by atoms with Gasteiger partial charge in [-0.1, -0.05) is 43.3 Å². The van der Waals surface area contributed by atoms with E-state index in [0.717, 1.165) is 16.8 Å². The van der Waals surface area contributed by atoms with Crippen molar-refractivity contribution >= 4 is 37.0 Å². The third kappa shape index (κ3) is 9.93. The zero-order chi connectivity index (χ0) is 28.8. The molecule has 0 aliphatic carbocycles. The van der Waals surface area contributed by atoms with E-state index < -0.39 is 8.30 Å². The Morgan fingerprint density at radius 1 is 1.21 bits per heavy atom. The van der Waals surface area contributed by atoms with Crippen molar-refractivity contribution in [3.8, 4) is 6.01 Å². The Balaban J connectivity index is 0.00000260. The van der Waals surface area contributed by atoms with Crippen LogP contribution in [0.25, 0.3) is 11.2 Å². The summed E-state index contributed by atoms with van der Waals surface area (Å²) in [7, 11) is 0.256. The number of hydrogen-bond donors (Lipinski definition) is 3. The van der Waals surface area contributed by atoms with Gasteiger partial charge in [-0.2, -0.15) is 9.97 Å². The Hall–Kier alpha value is -3.54. The summed E-state index contributed by atoms with van der Waals surface area (Å²) in [5.41, 5.74) is 8.88. The predicted molar refractivity (Wildman–Crippen MR) is 152 cm³/mol. The average molecular weight is 564 g/mol. The largest absolute Gasteiger partial charge is 0.465 e. The minimum atomic E-state index is -1.30. The SMILES string of the molecule is CC.CCOC(=O)CNP(Cc1cccc(Cn2c(=O)[nH]c3c(N)nc(OCCOC)nc32)c1)ON=C(C)C. The topological polar surface area (TPSA) is 168 Å². The van der Waals surface area contributed by atoms with Crippen molar-refractivity contribution in [1.29, 1.82) is 0 Å². The van der Waals surface area contributed by atoms with Gasteiger partial charge >= 0.3 is 17.7 Å². The Labute approximate surface area is 229 Å². The maximum Gasteiger partial charge on any atom is 0.328 e. The molecule has 0 saturated carbocycles. The molecule has 39 heavy (non-hydrogen) atoms. The van der Waals surface area contributed by atoms with Crippen LogP contribution in [0.15, 0.2) is 34.2 Å². The maximum absolute atomic E-state index is 12.7. The molecule has 1 aromatic carbocycles. The van der Waals surface area contributed by atoms with Crippen molar-refractivity contribution in [2.45, 2.75) is 47.3 Å². The standard InChI is InChI=1S/C23H32N7O6P.C2H6/c1-5-34-18(31)12-25-37(36-29-15(2)3)14-17-8-6-7-16(11-17)13-30-21-19(26-23(30)32)20(24)27-22(28-21)35-10-9-33-4;1-2/h6-8,11,25H,5,9-10,12-14H2,1-4H3,(H,26,32)(H2,24,27,28);1-2H3. The lowest BCUT2D eigenvalue weighted by atomic mass is 10.1. The Morgan fingerprint density at radius 3 is 2.64 bits per heavy atom. The van der Waals surface area contributed by atoms with Crippen LogP contribution in [0.5, 0.6) is 6.01 Å². The van der Waals surface area contributed by atoms with E-state index in [0.29, 0.717) is 30.5 Å². The Morgan fingerprint density at radius 2 is 1.95 bits per heavy atom. The predicted octanol–water partition coefficient (Wildman–Crippen LogP) is 3.18. The molecule has 0 aliphatic heterocycles. The number of hydrogen-bond acceptors (Lipinski definition) is 11. The first kappa shape index (κ1) is 31.7. The van der Waals surface area contributed by atoms with E-state index >= 15 is 0 Å². The van der Waals surface area contributed by atoms with Crippen LogP contribution in [-0.2, 0) is 31.6 Å². The minimum Gasteiger partial charge on any atom is -0.465 e. The second kappa shape index (κ2) is 16.4. The number of rotatable bonds is 14. The van der Waals surface area contributed by atoms with Gasteiger partial charge < -0.3 is 29.6 Å². The van der Waals surface area contributed by atoms with Crippen molar-refractivity contribution in [1.82, 2.24) is 24.6 Å². The molecule has 0 spiro atoms. The summed E-state index contributed by atoms with van der Waals surface area (Å²) in [6, 6.07) is 7.75. The molecule has 2 aromatic heterocycles. The highest BCUT2D eigenvalue weighted by atomic mass is 31.2. The van der Waals surface area contributed by atoms with Crippen molar-refractivity contribution in [2.24, 2.45) is 5.16 Å². The summed E-state index contributed by atoms with van der Waals surface area (Å²) in [5.74, 6) is -0.251. The number of nitrogens with one attached hydrogen (secondary N) is 2. The average Bonchev–Trinajstić information content (AvgIpc) is 3.22. The Bertz CT molecular complexity index is 1290. The van der Waals surface area contributed by atoms with Crippen LogP contribution in [0.4, 0.5) is 5.82 Å². The molecule has 0 radical (unpaired) electrons. The van der Waals surface area contributed by atoms with Gasteiger partial charge in [0.1, 0.15) is 18.7 Å². The highest BCUT2D eigenvalue weighted by Gasteiger charge is 2.17. The van der Waals surface area contributed by atoms with E-state index in [1.807, 2.05) is 52.0 Å². The molecular formula is C25H38N7O6P. The number of methoxy groups -OCH3 is 1. The van der Waals surface area contributed by atoms with Gasteiger partial charge in [0, 0.05) is 13.3 Å². The highest BCUT2D eigenvalue weighted by molar-refractivity contribution is 7.49. The quantitative estimate of drug-likeness (QED) is 0.0871. The van der Waals surface area contributed by atoms with Crippen LogP contribution >= 0.6 is 8.30 Å². The van der Waals surface area contributed by atoms with Crippen LogP contribution in [0.2, 0.25) is 0 Å². The van der Waals surface area contributed by atoms with E-state index in [4.69, 9.17) is 24.6 Å². The maximum atomic E-state index is 12.7. The smallest absolute Gasteiger partial charge is 0.328 e. The fourth-order valence-corrected chi connectivity index (χ4v) is 4.57. The first-order valence-electron chi connectivity index (χ1n) is 12.6. The first-order chi connectivity index (χ1) is 18.8. The zero-order valence-corrected chi connectivity index (χ0v) is 24.2. The van der Waals surface area contributed by atoms with Gasteiger partial charge in [0.25, 0.3) is 0 Å². The molecule has 0 aliphatic rings. The fourth-order valence-electron chi connectivity index (χ4n) is 3.24. The molecule has 3 aromatic rings. The summed E-state index contributed by atoms with van der Waals surface area (Å²) < 4.78 is 22.6. The van der Waals surface area contributed by atoms with Crippen molar-refractivity contribution in [3.63, 3.8) is 0 Å². The van der Waals surface area contributed by atoms with E-state index in [1.54, 1.807) is 14.0 Å². The number of carbonyl (C=O) groups is 1. The van der Waals surface area contributed by atoms with Gasteiger partial charge in [0.2, 0.25) is 0 Å². The number of anilines is 1. The summed E-state index contributed by atoms with van der Waals surface area (Å²) in [5, 5.41) is 7.14. The number of oxime groups is 1. The lowest BCUT2D eigenvalue weighted by molar-refractivity contribution is -0.141. The van der Waals surface area contributed by atoms with Gasteiger partial charge in [-0.15, -0.1) is 0 Å². The van der Waals surface area contributed by atoms with Crippen LogP contribution in [-0.4, -0.2) is 64.7 Å². The van der Waals surface area contributed by atoms with Crippen LogP contribution in [0.1, 0.15) is 45.7 Å². The van der Waals surface area contributed by atoms with Crippen LogP contribution in [0, 0.1) is 0 Å². The molecule has 0 fully saturated rings. The lowest BCUT2D eigenvalue weighted by Crippen LogP contribution is -2.22. The minimum absolute atomic E-state index is 0.0121. The summed E-state index contributed by atoms with van der Waals surface area (Å²) in [6.45, 7) is 10.6. The molecule has 0 saturated heterocycles. The number of aromatic nitrogens is 4. The monoisotopic (exact) mass is 563 g/mol.